The summed E-state index contributed by atoms with van der Waals surface area (Å²) in [7, 11) is 1.70. The number of nitrogens with zero attached hydrogens (tertiary/aromatic N) is 1. The number of benzene rings is 1. The van der Waals surface area contributed by atoms with Crippen molar-refractivity contribution in [3.05, 3.63) is 34.9 Å². The zero-order valence-electron chi connectivity index (χ0n) is 13.2. The van der Waals surface area contributed by atoms with E-state index in [4.69, 9.17) is 0 Å². The van der Waals surface area contributed by atoms with Gasteiger partial charge in [0.25, 0.3) is 0 Å². The zero-order chi connectivity index (χ0) is 15.4. The van der Waals surface area contributed by atoms with Crippen LogP contribution in [0.3, 0.4) is 0 Å². The van der Waals surface area contributed by atoms with E-state index in [1.54, 1.807) is 14.0 Å². The van der Waals surface area contributed by atoms with Gasteiger partial charge in [0.15, 0.2) is 0 Å². The zero-order valence-corrected chi connectivity index (χ0v) is 13.2. The number of urea groups is 1. The smallest absolute Gasteiger partial charge is 0.317 e. The molecule has 2 amide bonds. The predicted octanol–water partition coefficient (Wildman–Crippen LogP) is 2.65. The highest BCUT2D eigenvalue weighted by molar-refractivity contribution is 5.74. The van der Waals surface area contributed by atoms with Crippen LogP contribution in [-0.2, 0) is 12.8 Å². The molecule has 1 aromatic carbocycles. The Balaban J connectivity index is 2.00. The largest absolute Gasteiger partial charge is 0.392 e. The van der Waals surface area contributed by atoms with Gasteiger partial charge in [-0.1, -0.05) is 18.2 Å². The molecule has 1 aliphatic carbocycles. The highest BCUT2D eigenvalue weighted by Crippen LogP contribution is 2.24. The molecule has 0 heterocycles. The lowest BCUT2D eigenvalue weighted by Crippen LogP contribution is -2.41. The van der Waals surface area contributed by atoms with Gasteiger partial charge in [-0.25, -0.2) is 4.79 Å². The molecule has 4 heteroatoms. The van der Waals surface area contributed by atoms with Crippen molar-refractivity contribution in [2.75, 3.05) is 13.6 Å². The Morgan fingerprint density at radius 3 is 2.62 bits per heavy atom. The van der Waals surface area contributed by atoms with Crippen molar-refractivity contribution >= 4 is 6.03 Å². The first kappa shape index (κ1) is 15.8. The standard InChI is InChI=1S/C17H26N2O2/c1-12(20)11-19(3)17(21)18-13(2)15-9-8-14-6-4-5-7-16(14)10-15/h8-10,12-13,20H,4-7,11H2,1-3H3,(H,18,21). The summed E-state index contributed by atoms with van der Waals surface area (Å²) < 4.78 is 0. The lowest BCUT2D eigenvalue weighted by atomic mass is 9.89. The van der Waals surface area contributed by atoms with Crippen LogP contribution in [0.1, 0.15) is 49.4 Å². The maximum Gasteiger partial charge on any atom is 0.317 e. The summed E-state index contributed by atoms with van der Waals surface area (Å²) in [5.41, 5.74) is 4.03. The van der Waals surface area contributed by atoms with Gasteiger partial charge in [0.1, 0.15) is 0 Å². The third-order valence-electron chi connectivity index (χ3n) is 4.10. The average Bonchev–Trinajstić information content (AvgIpc) is 2.45. The number of carbonyl (C=O) groups is 1. The normalized spacial score (nSPS) is 16.8. The van der Waals surface area contributed by atoms with E-state index in [9.17, 15) is 9.90 Å². The minimum atomic E-state index is -0.514. The predicted molar refractivity (Wildman–Crippen MR) is 84.3 cm³/mol. The van der Waals surface area contributed by atoms with E-state index >= 15 is 0 Å². The van der Waals surface area contributed by atoms with Crippen LogP contribution in [-0.4, -0.2) is 35.7 Å². The van der Waals surface area contributed by atoms with Crippen molar-refractivity contribution in [1.29, 1.82) is 0 Å². The summed E-state index contributed by atoms with van der Waals surface area (Å²) in [6.45, 7) is 4.01. The number of aliphatic hydroxyl groups excluding tert-OH is 1. The molecule has 0 spiro atoms. The number of rotatable bonds is 4. The van der Waals surface area contributed by atoms with Crippen LogP contribution >= 0.6 is 0 Å². The van der Waals surface area contributed by atoms with E-state index in [0.29, 0.717) is 6.54 Å². The van der Waals surface area contributed by atoms with Gasteiger partial charge in [-0.15, -0.1) is 0 Å². The van der Waals surface area contributed by atoms with Gasteiger partial charge in [0.05, 0.1) is 12.1 Å². The molecule has 116 valence electrons. The number of hydrogen-bond acceptors (Lipinski definition) is 2. The van der Waals surface area contributed by atoms with E-state index in [-0.39, 0.29) is 12.1 Å². The molecular formula is C17H26N2O2. The Kier molecular flexibility index (Phi) is 5.23. The molecule has 4 nitrogen and oxygen atoms in total. The second-order valence-electron chi connectivity index (χ2n) is 6.14. The fourth-order valence-electron chi connectivity index (χ4n) is 2.88. The molecule has 0 saturated heterocycles. The fourth-order valence-corrected chi connectivity index (χ4v) is 2.88. The topological polar surface area (TPSA) is 52.6 Å². The summed E-state index contributed by atoms with van der Waals surface area (Å²) in [6.07, 6.45) is 4.34. The number of amides is 2. The van der Waals surface area contributed by atoms with E-state index in [0.717, 1.165) is 12.0 Å². The Labute approximate surface area is 127 Å². The number of aryl methyl sites for hydroxylation is 2. The summed E-state index contributed by atoms with van der Waals surface area (Å²) in [5.74, 6) is 0. The van der Waals surface area contributed by atoms with E-state index < -0.39 is 6.10 Å². The average molecular weight is 290 g/mol. The number of carbonyl (C=O) groups excluding carboxylic acids is 1. The number of nitrogens with one attached hydrogen (secondary N) is 1. The van der Waals surface area contributed by atoms with Crippen LogP contribution in [0.2, 0.25) is 0 Å². The van der Waals surface area contributed by atoms with Crippen molar-refractivity contribution in [3.63, 3.8) is 0 Å². The summed E-state index contributed by atoms with van der Waals surface area (Å²) in [4.78, 5) is 13.6. The van der Waals surface area contributed by atoms with Crippen molar-refractivity contribution in [3.8, 4) is 0 Å². The van der Waals surface area contributed by atoms with Gasteiger partial charge in [0, 0.05) is 13.6 Å². The minimum absolute atomic E-state index is 0.0267. The summed E-state index contributed by atoms with van der Waals surface area (Å²) in [5, 5.41) is 12.3. The summed E-state index contributed by atoms with van der Waals surface area (Å²) in [6, 6.07) is 6.37. The molecular weight excluding hydrogens is 264 g/mol. The summed E-state index contributed by atoms with van der Waals surface area (Å²) >= 11 is 0. The second-order valence-corrected chi connectivity index (χ2v) is 6.14. The van der Waals surface area contributed by atoms with Crippen molar-refractivity contribution in [2.45, 2.75) is 51.7 Å². The van der Waals surface area contributed by atoms with E-state index in [2.05, 4.69) is 23.5 Å². The first-order chi connectivity index (χ1) is 9.97. The highest BCUT2D eigenvalue weighted by atomic mass is 16.3. The molecule has 21 heavy (non-hydrogen) atoms. The quantitative estimate of drug-likeness (QED) is 0.895. The first-order valence-corrected chi connectivity index (χ1v) is 7.78. The van der Waals surface area contributed by atoms with Gasteiger partial charge >= 0.3 is 6.03 Å². The molecule has 2 N–H and O–H groups in total. The highest BCUT2D eigenvalue weighted by Gasteiger charge is 2.16. The van der Waals surface area contributed by atoms with Gasteiger partial charge in [0.2, 0.25) is 0 Å². The Hall–Kier alpha value is -1.55. The molecule has 0 bridgehead atoms. The molecule has 2 unspecified atom stereocenters. The van der Waals surface area contributed by atoms with Crippen LogP contribution in [0.15, 0.2) is 18.2 Å². The van der Waals surface area contributed by atoms with Gasteiger partial charge < -0.3 is 15.3 Å². The third-order valence-corrected chi connectivity index (χ3v) is 4.10. The number of hydrogen-bond donors (Lipinski definition) is 2. The van der Waals surface area contributed by atoms with Crippen LogP contribution in [0.25, 0.3) is 0 Å². The van der Waals surface area contributed by atoms with Crippen molar-refractivity contribution < 1.29 is 9.90 Å². The first-order valence-electron chi connectivity index (χ1n) is 7.78. The third kappa shape index (κ3) is 4.21. The van der Waals surface area contributed by atoms with Crippen molar-refractivity contribution in [2.24, 2.45) is 0 Å². The number of fused-ring (bicyclic) bond motifs is 1. The van der Waals surface area contributed by atoms with Gasteiger partial charge in [-0.2, -0.15) is 0 Å². The SMILES string of the molecule is CC(O)CN(C)C(=O)NC(C)c1ccc2c(c1)CCCC2. The second kappa shape index (κ2) is 6.94. The fraction of sp³-hybridized carbons (Fsp3) is 0.588. The van der Waals surface area contributed by atoms with Crippen molar-refractivity contribution in [1.82, 2.24) is 10.2 Å². The maximum atomic E-state index is 12.1. The molecule has 2 atom stereocenters. The van der Waals surface area contributed by atoms with Gasteiger partial charge in [-0.3, -0.25) is 0 Å². The molecule has 1 aromatic rings. The Bertz CT molecular complexity index is 500. The lowest BCUT2D eigenvalue weighted by molar-refractivity contribution is 0.142. The van der Waals surface area contributed by atoms with Gasteiger partial charge in [-0.05, 0) is 56.2 Å². The van der Waals surface area contributed by atoms with Crippen LogP contribution < -0.4 is 5.32 Å². The molecule has 0 aromatic heterocycles. The maximum absolute atomic E-state index is 12.1. The minimum Gasteiger partial charge on any atom is -0.392 e. The van der Waals surface area contributed by atoms with E-state index in [1.807, 2.05) is 6.92 Å². The molecule has 0 saturated carbocycles. The van der Waals surface area contributed by atoms with Crippen LogP contribution in [0.4, 0.5) is 4.79 Å². The number of aliphatic hydroxyl groups is 1. The lowest BCUT2D eigenvalue weighted by Gasteiger charge is -2.24. The Morgan fingerprint density at radius 2 is 1.95 bits per heavy atom. The molecule has 2 rings (SSSR count). The number of likely N-dealkylation sites (N-methyl/N-ethyl adjacent to an activating group) is 1. The molecule has 0 fully saturated rings. The van der Waals surface area contributed by atoms with Crippen LogP contribution in [0.5, 0.6) is 0 Å². The van der Waals surface area contributed by atoms with Crippen LogP contribution in [0, 0.1) is 0 Å². The monoisotopic (exact) mass is 290 g/mol. The molecule has 0 aliphatic heterocycles. The Morgan fingerprint density at radius 1 is 1.29 bits per heavy atom. The van der Waals surface area contributed by atoms with E-state index in [1.165, 1.54) is 35.3 Å². The molecule has 0 radical (unpaired) electrons. The molecule has 1 aliphatic rings.